The lowest BCUT2D eigenvalue weighted by molar-refractivity contribution is -0.141. The number of amides is 2. The van der Waals surface area contributed by atoms with Crippen LogP contribution in [0.2, 0.25) is 0 Å². The van der Waals surface area contributed by atoms with E-state index in [1.54, 1.807) is 0 Å². The fourth-order valence-electron chi connectivity index (χ4n) is 5.35. The largest absolute Gasteiger partial charge is 0.481 e. The Bertz CT molecular complexity index is 1130. The molecule has 0 aliphatic heterocycles. The van der Waals surface area contributed by atoms with Crippen molar-refractivity contribution in [1.29, 1.82) is 0 Å². The van der Waals surface area contributed by atoms with Gasteiger partial charge in [0.15, 0.2) is 0 Å². The van der Waals surface area contributed by atoms with E-state index in [2.05, 4.69) is 10.6 Å². The van der Waals surface area contributed by atoms with Gasteiger partial charge in [0, 0.05) is 19.0 Å². The van der Waals surface area contributed by atoms with Gasteiger partial charge in [0.25, 0.3) is 5.92 Å². The first-order valence-corrected chi connectivity index (χ1v) is 11.7. The van der Waals surface area contributed by atoms with E-state index in [9.17, 15) is 23.2 Å². The van der Waals surface area contributed by atoms with Crippen LogP contribution < -0.4 is 10.6 Å². The highest BCUT2D eigenvalue weighted by Gasteiger charge is 2.72. The quantitative estimate of drug-likeness (QED) is 0.529. The second kappa shape index (κ2) is 8.62. The molecule has 2 amide bonds. The highest BCUT2D eigenvalue weighted by Crippen LogP contribution is 2.55. The summed E-state index contributed by atoms with van der Waals surface area (Å²) in [5, 5.41) is 14.0. The number of nitrogens with one attached hydrogen (secondary N) is 2. The second-order valence-corrected chi connectivity index (χ2v) is 9.62. The smallest absolute Gasteiger partial charge is 0.407 e. The number of aliphatic carboxylic acids is 1. The second-order valence-electron chi connectivity index (χ2n) is 9.62. The summed E-state index contributed by atoms with van der Waals surface area (Å²) >= 11 is 0. The zero-order valence-electron chi connectivity index (χ0n) is 18.9. The van der Waals surface area contributed by atoms with E-state index in [-0.39, 0.29) is 19.1 Å². The Morgan fingerprint density at radius 1 is 0.971 bits per heavy atom. The Kier molecular flexibility index (Phi) is 5.73. The lowest BCUT2D eigenvalue weighted by Crippen LogP contribution is -2.53. The molecule has 0 radical (unpaired) electrons. The first kappa shape index (κ1) is 23.3. The van der Waals surface area contributed by atoms with Crippen molar-refractivity contribution in [2.24, 2.45) is 17.3 Å². The van der Waals surface area contributed by atoms with Gasteiger partial charge in [-0.05, 0) is 35.1 Å². The maximum Gasteiger partial charge on any atom is 0.407 e. The van der Waals surface area contributed by atoms with Gasteiger partial charge in [0.1, 0.15) is 12.5 Å². The Labute approximate surface area is 200 Å². The topological polar surface area (TPSA) is 105 Å². The Balaban J connectivity index is 1.15. The minimum atomic E-state index is -3.31. The average Bonchev–Trinajstić information content (AvgIpc) is 3.22. The number of alkyl carbamates (subject to hydrolysis) is 1. The van der Waals surface area contributed by atoms with Gasteiger partial charge in [0.05, 0.1) is 11.3 Å². The van der Waals surface area contributed by atoms with Crippen LogP contribution in [-0.2, 0) is 14.3 Å². The van der Waals surface area contributed by atoms with Crippen molar-refractivity contribution in [3.8, 4) is 11.1 Å². The van der Waals surface area contributed by atoms with Crippen molar-refractivity contribution >= 4 is 18.0 Å². The lowest BCUT2D eigenvalue weighted by Gasteiger charge is -2.40. The molecule has 7 nitrogen and oxygen atoms in total. The summed E-state index contributed by atoms with van der Waals surface area (Å²) in [7, 11) is 0. The number of benzene rings is 2. The van der Waals surface area contributed by atoms with Crippen LogP contribution >= 0.6 is 0 Å². The number of rotatable bonds is 8. The number of alkyl halides is 2. The number of carbonyl (C=O) groups excluding carboxylic acids is 2. The number of hydrogen-bond donors (Lipinski definition) is 3. The zero-order chi connectivity index (χ0) is 24.8. The van der Waals surface area contributed by atoms with E-state index in [1.165, 1.54) is 0 Å². The van der Waals surface area contributed by atoms with E-state index in [0.29, 0.717) is 12.8 Å². The Morgan fingerprint density at radius 3 is 2.09 bits per heavy atom. The van der Waals surface area contributed by atoms with Gasteiger partial charge in [0.2, 0.25) is 5.91 Å². The van der Waals surface area contributed by atoms with Crippen LogP contribution in [0.3, 0.4) is 0 Å². The molecule has 9 heteroatoms. The number of halogens is 2. The summed E-state index contributed by atoms with van der Waals surface area (Å²) in [5.74, 6) is -8.59. The van der Waals surface area contributed by atoms with Gasteiger partial charge >= 0.3 is 12.1 Å². The highest BCUT2D eigenvalue weighted by molar-refractivity contribution is 5.85. The van der Waals surface area contributed by atoms with Crippen LogP contribution in [-0.4, -0.2) is 48.7 Å². The molecule has 2 aromatic carbocycles. The van der Waals surface area contributed by atoms with E-state index >= 15 is 0 Å². The molecule has 35 heavy (non-hydrogen) atoms. The van der Waals surface area contributed by atoms with E-state index in [0.717, 1.165) is 28.7 Å². The molecule has 2 saturated carbocycles. The first-order valence-electron chi connectivity index (χ1n) is 11.7. The normalized spacial score (nSPS) is 22.8. The van der Waals surface area contributed by atoms with E-state index in [4.69, 9.17) is 9.84 Å². The predicted octanol–water partition coefficient (Wildman–Crippen LogP) is 3.78. The molecule has 0 aromatic heterocycles. The standard InChI is InChI=1S/C26H26F2N2O5/c27-26(28)20(21(26)22(31)32)12-29-23(33)25(10-5-11-25)14-30-24(34)35-13-19-17-8-3-1-6-15(17)16-7-2-4-9-18(16)19/h1-4,6-9,19-21H,5,10-14H2,(H,29,33)(H,30,34)(H,31,32). The summed E-state index contributed by atoms with van der Waals surface area (Å²) in [5.41, 5.74) is 3.53. The molecule has 2 atom stereocenters. The molecular weight excluding hydrogens is 458 g/mol. The molecule has 3 N–H and O–H groups in total. The van der Waals surface area contributed by atoms with Crippen LogP contribution in [0.5, 0.6) is 0 Å². The molecule has 2 fully saturated rings. The van der Waals surface area contributed by atoms with Crippen molar-refractivity contribution in [2.45, 2.75) is 31.1 Å². The zero-order valence-corrected chi connectivity index (χ0v) is 18.9. The van der Waals surface area contributed by atoms with Crippen LogP contribution in [0.15, 0.2) is 48.5 Å². The molecule has 0 bridgehead atoms. The minimum Gasteiger partial charge on any atom is -0.481 e. The van der Waals surface area contributed by atoms with Gasteiger partial charge in [-0.3, -0.25) is 9.59 Å². The number of hydrogen-bond acceptors (Lipinski definition) is 4. The Hall–Kier alpha value is -3.49. The monoisotopic (exact) mass is 484 g/mol. The number of ether oxygens (including phenoxy) is 1. The summed E-state index contributed by atoms with van der Waals surface area (Å²) in [6.07, 6.45) is 1.14. The van der Waals surface area contributed by atoms with Crippen LogP contribution in [0.25, 0.3) is 11.1 Å². The molecule has 0 saturated heterocycles. The third kappa shape index (κ3) is 4.02. The predicted molar refractivity (Wildman–Crippen MR) is 122 cm³/mol. The van der Waals surface area contributed by atoms with Gasteiger partial charge in [-0.2, -0.15) is 0 Å². The molecule has 5 rings (SSSR count). The molecule has 0 heterocycles. The average molecular weight is 484 g/mol. The van der Waals surface area contributed by atoms with E-state index < -0.39 is 47.7 Å². The number of carboxylic acid groups (broad SMARTS) is 1. The fraction of sp³-hybridized carbons (Fsp3) is 0.423. The summed E-state index contributed by atoms with van der Waals surface area (Å²) < 4.78 is 32.7. The SMILES string of the molecule is O=C(NCC1(C(=O)NCC2C(C(=O)O)C2(F)F)CCC1)OCC1c2ccccc2-c2ccccc21. The Morgan fingerprint density at radius 2 is 1.57 bits per heavy atom. The van der Waals surface area contributed by atoms with Gasteiger partial charge in [-0.25, -0.2) is 13.6 Å². The number of carboxylic acids is 1. The van der Waals surface area contributed by atoms with Gasteiger partial charge in [-0.1, -0.05) is 55.0 Å². The maximum atomic E-state index is 13.6. The van der Waals surface area contributed by atoms with Crippen LogP contribution in [0.1, 0.15) is 36.3 Å². The molecule has 0 spiro atoms. The number of fused-ring (bicyclic) bond motifs is 3. The van der Waals surface area contributed by atoms with Crippen LogP contribution in [0.4, 0.5) is 13.6 Å². The third-order valence-electron chi connectivity index (χ3n) is 7.66. The lowest BCUT2D eigenvalue weighted by atomic mass is 9.68. The van der Waals surface area contributed by atoms with Crippen molar-refractivity contribution in [1.82, 2.24) is 10.6 Å². The van der Waals surface area contributed by atoms with E-state index in [1.807, 2.05) is 48.5 Å². The molecule has 2 aromatic rings. The molecule has 2 unspecified atom stereocenters. The number of carbonyl (C=O) groups is 3. The fourth-order valence-corrected chi connectivity index (χ4v) is 5.35. The third-order valence-corrected chi connectivity index (χ3v) is 7.66. The molecule has 3 aliphatic rings. The van der Waals surface area contributed by atoms with Crippen molar-refractivity contribution in [2.75, 3.05) is 19.7 Å². The first-order chi connectivity index (χ1) is 16.7. The molecular formula is C26H26F2N2O5. The summed E-state index contributed by atoms with van der Waals surface area (Å²) in [6, 6.07) is 16.0. The molecule has 3 aliphatic carbocycles. The molecule has 184 valence electrons. The van der Waals surface area contributed by atoms with Gasteiger partial charge < -0.3 is 20.5 Å². The van der Waals surface area contributed by atoms with Crippen molar-refractivity contribution < 1.29 is 33.0 Å². The van der Waals surface area contributed by atoms with Gasteiger partial charge in [-0.15, -0.1) is 0 Å². The highest BCUT2D eigenvalue weighted by atomic mass is 19.3. The van der Waals surface area contributed by atoms with Crippen LogP contribution in [0, 0.1) is 17.3 Å². The summed E-state index contributed by atoms with van der Waals surface area (Å²) in [6.45, 7) is -0.235. The maximum absolute atomic E-state index is 13.6. The van der Waals surface area contributed by atoms with Crippen molar-refractivity contribution in [3.05, 3.63) is 59.7 Å². The minimum absolute atomic E-state index is 0.0267. The van der Waals surface area contributed by atoms with Crippen molar-refractivity contribution in [3.63, 3.8) is 0 Å². The summed E-state index contributed by atoms with van der Waals surface area (Å²) in [4.78, 5) is 36.1.